The van der Waals surface area contributed by atoms with Crippen LogP contribution in [0.4, 0.5) is 5.69 Å². The maximum absolute atomic E-state index is 13.9. The summed E-state index contributed by atoms with van der Waals surface area (Å²) in [5.41, 5.74) is -0.0931. The van der Waals surface area contributed by atoms with Crippen LogP contribution in [0.2, 0.25) is 0 Å². The van der Waals surface area contributed by atoms with E-state index in [0.29, 0.717) is 29.9 Å². The van der Waals surface area contributed by atoms with Crippen LogP contribution < -0.4 is 9.64 Å². The number of anilines is 1. The summed E-state index contributed by atoms with van der Waals surface area (Å²) < 4.78 is 10.5. The first-order valence-electron chi connectivity index (χ1n) is 14.6. The van der Waals surface area contributed by atoms with Crippen LogP contribution in [0, 0.1) is 0 Å². The molecule has 3 aliphatic heterocycles. The number of benzene rings is 2. The Bertz CT molecular complexity index is 1630. The van der Waals surface area contributed by atoms with Gasteiger partial charge in [0, 0.05) is 43.4 Å². The smallest absolute Gasteiger partial charge is 0.355 e. The summed E-state index contributed by atoms with van der Waals surface area (Å²) >= 11 is 0. The Hall–Kier alpha value is -4.42. The van der Waals surface area contributed by atoms with Crippen molar-refractivity contribution in [1.82, 2.24) is 0 Å². The number of ether oxygens (including phenoxy) is 2. The summed E-state index contributed by atoms with van der Waals surface area (Å²) in [6.07, 6.45) is -3.77. The van der Waals surface area contributed by atoms with Gasteiger partial charge in [-0.05, 0) is 48.2 Å². The van der Waals surface area contributed by atoms with E-state index in [9.17, 15) is 55.5 Å². The second kappa shape index (κ2) is 13.4. The van der Waals surface area contributed by atoms with Crippen LogP contribution >= 0.6 is 0 Å². The van der Waals surface area contributed by atoms with Crippen molar-refractivity contribution in [3.8, 4) is 17.2 Å². The van der Waals surface area contributed by atoms with Crippen molar-refractivity contribution >= 4 is 35.6 Å². The lowest BCUT2D eigenvalue weighted by Gasteiger charge is -2.44. The molecular formula is C31H35N3O13. The van der Waals surface area contributed by atoms with E-state index in [1.807, 2.05) is 0 Å². The van der Waals surface area contributed by atoms with Crippen LogP contribution in [0.25, 0.3) is 6.08 Å². The van der Waals surface area contributed by atoms with E-state index in [1.54, 1.807) is 18.3 Å². The number of amides is 1. The van der Waals surface area contributed by atoms with E-state index in [4.69, 9.17) is 9.47 Å². The number of aliphatic hydroxyl groups excluding tert-OH is 5. The van der Waals surface area contributed by atoms with Crippen LogP contribution in [-0.2, 0) is 27.2 Å². The van der Waals surface area contributed by atoms with Gasteiger partial charge < -0.3 is 55.4 Å². The number of hydrogen-bond acceptors (Lipinski definition) is 14. The van der Waals surface area contributed by atoms with Gasteiger partial charge in [0.25, 0.3) is 5.91 Å². The summed E-state index contributed by atoms with van der Waals surface area (Å²) in [6, 6.07) is 6.77. The molecule has 0 aromatic heterocycles. The summed E-state index contributed by atoms with van der Waals surface area (Å²) in [5.74, 6) is -6.56. The number of carbonyl (C=O) groups is 2. The van der Waals surface area contributed by atoms with Crippen LogP contribution in [0.1, 0.15) is 29.5 Å². The Labute approximate surface area is 267 Å². The molecule has 252 valence electrons. The number of carboxylic acid groups (broad SMARTS) is 1. The normalized spacial score (nSPS) is 28.5. The van der Waals surface area contributed by atoms with Gasteiger partial charge in [0.1, 0.15) is 36.3 Å². The lowest BCUT2D eigenvalue weighted by molar-refractivity contribution is -0.422. The quantitative estimate of drug-likeness (QED) is 0.102. The number of carboxylic acids is 1. The molecule has 0 aliphatic carbocycles. The highest BCUT2D eigenvalue weighted by Crippen LogP contribution is 2.47. The predicted molar refractivity (Wildman–Crippen MR) is 163 cm³/mol. The molecule has 3 heterocycles. The van der Waals surface area contributed by atoms with Crippen LogP contribution in [0.3, 0.4) is 0 Å². The lowest BCUT2D eigenvalue weighted by atomic mass is 9.88. The van der Waals surface area contributed by atoms with Gasteiger partial charge in [-0.1, -0.05) is 6.07 Å². The van der Waals surface area contributed by atoms with Gasteiger partial charge in [0.2, 0.25) is 0 Å². The Kier molecular flexibility index (Phi) is 9.65. The number of aliphatic imine (C=N–C) groups is 2. The molecular weight excluding hydrogens is 622 g/mol. The Morgan fingerprint density at radius 3 is 2.51 bits per heavy atom. The monoisotopic (exact) mass is 657 g/mol. The zero-order chi connectivity index (χ0) is 34.1. The molecule has 0 unspecified atom stereocenters. The molecule has 1 amide bonds. The molecule has 0 saturated carbocycles. The van der Waals surface area contributed by atoms with Gasteiger partial charge >= 0.3 is 11.9 Å². The van der Waals surface area contributed by atoms with Crippen LogP contribution in [0.5, 0.6) is 17.2 Å². The second-order valence-corrected chi connectivity index (χ2v) is 11.5. The summed E-state index contributed by atoms with van der Waals surface area (Å²) in [7, 11) is 0. The SMILES string of the molecule is O=C(C=Cc1ccc(O)c(CC2=NCN=C2)c1)N1c2cc(O[C@@]3(O)O[C@H](CO)[C@@H](O)[C@H](O)[C@H]3O)c(O)cc2C[C@]1(CCCO)C(=O)O. The highest BCUT2D eigenvalue weighted by Gasteiger charge is 2.56. The third kappa shape index (κ3) is 6.44. The predicted octanol–water partition coefficient (Wildman–Crippen LogP) is -1.18. The van der Waals surface area contributed by atoms with Crippen molar-refractivity contribution in [3.63, 3.8) is 0 Å². The molecule has 0 spiro atoms. The van der Waals surface area contributed by atoms with Crippen LogP contribution in [0.15, 0.2) is 46.4 Å². The standard InChI is InChI=1S/C31H35N3O13/c35-7-1-6-30(29(43)44)12-18-10-22(38)23(46-31(45)28(42)27(41)26(40)24(14-36)47-31)11-20(18)34(30)25(39)5-3-16-2-4-21(37)17(8-16)9-19-13-32-15-33-19/h2-5,8,10-11,13,24,26-28,35-38,40-42,45H,1,6-7,9,12,14-15H2,(H,43,44)/t24-,26-,27+,28-,30-,31-/m1/s1. The van der Waals surface area contributed by atoms with Crippen molar-refractivity contribution in [1.29, 1.82) is 0 Å². The molecule has 2 aromatic carbocycles. The summed E-state index contributed by atoms with van der Waals surface area (Å²) in [5, 5.41) is 92.2. The van der Waals surface area contributed by atoms with E-state index < -0.39 is 65.9 Å². The van der Waals surface area contributed by atoms with Gasteiger partial charge in [-0.2, -0.15) is 0 Å². The number of carbonyl (C=O) groups excluding carboxylic acids is 1. The highest BCUT2D eigenvalue weighted by atomic mass is 16.8. The highest BCUT2D eigenvalue weighted by molar-refractivity contribution is 6.32. The largest absolute Gasteiger partial charge is 0.508 e. The number of nitrogens with zero attached hydrogens (tertiary/aromatic N) is 3. The maximum Gasteiger partial charge on any atom is 0.355 e. The molecule has 16 nitrogen and oxygen atoms in total. The number of rotatable bonds is 11. The molecule has 2 aromatic rings. The summed E-state index contributed by atoms with van der Waals surface area (Å²) in [6.45, 7) is -0.967. The van der Waals surface area contributed by atoms with Gasteiger partial charge in [0.05, 0.1) is 18.0 Å². The molecule has 0 bridgehead atoms. The zero-order valence-corrected chi connectivity index (χ0v) is 24.9. The third-order valence-electron chi connectivity index (χ3n) is 8.35. The molecule has 1 fully saturated rings. The number of phenolic OH excluding ortho intramolecular Hbond substituents is 2. The van der Waals surface area contributed by atoms with Gasteiger partial charge in [-0.3, -0.25) is 19.7 Å². The third-order valence-corrected chi connectivity index (χ3v) is 8.35. The van der Waals surface area contributed by atoms with E-state index >= 15 is 0 Å². The van der Waals surface area contributed by atoms with Gasteiger partial charge in [0.15, 0.2) is 17.6 Å². The maximum atomic E-state index is 13.9. The zero-order valence-electron chi connectivity index (χ0n) is 24.9. The molecule has 47 heavy (non-hydrogen) atoms. The Morgan fingerprint density at radius 2 is 1.85 bits per heavy atom. The molecule has 1 saturated heterocycles. The fourth-order valence-corrected chi connectivity index (χ4v) is 5.91. The van der Waals surface area contributed by atoms with Crippen LogP contribution in [-0.4, -0.2) is 126 Å². The minimum absolute atomic E-state index is 0.000179. The van der Waals surface area contributed by atoms with Gasteiger partial charge in [-0.25, -0.2) is 4.79 Å². The molecule has 9 N–H and O–H groups in total. The van der Waals surface area contributed by atoms with E-state index in [1.165, 1.54) is 12.1 Å². The van der Waals surface area contributed by atoms with Gasteiger partial charge in [-0.15, -0.1) is 0 Å². The fraction of sp³-hybridized carbons (Fsp3) is 0.419. The minimum atomic E-state index is -3.10. The Balaban J connectivity index is 1.51. The average molecular weight is 658 g/mol. The lowest BCUT2D eigenvalue weighted by Crippen LogP contribution is -2.67. The first kappa shape index (κ1) is 33.9. The number of aliphatic carboxylic acids is 1. The fourth-order valence-electron chi connectivity index (χ4n) is 5.91. The number of hydrogen-bond donors (Lipinski definition) is 9. The van der Waals surface area contributed by atoms with E-state index in [0.717, 1.165) is 23.1 Å². The molecule has 5 rings (SSSR count). The van der Waals surface area contributed by atoms with Crippen molar-refractivity contribution in [3.05, 3.63) is 53.1 Å². The summed E-state index contributed by atoms with van der Waals surface area (Å²) in [4.78, 5) is 35.9. The van der Waals surface area contributed by atoms with Crippen molar-refractivity contribution < 1.29 is 65.0 Å². The number of phenols is 2. The first-order chi connectivity index (χ1) is 22.3. The molecule has 3 aliphatic rings. The molecule has 0 radical (unpaired) electrons. The Morgan fingerprint density at radius 1 is 1.09 bits per heavy atom. The number of aromatic hydroxyl groups is 2. The first-order valence-corrected chi connectivity index (χ1v) is 14.6. The molecule has 16 heteroatoms. The van der Waals surface area contributed by atoms with E-state index in [-0.39, 0.29) is 42.9 Å². The molecule has 6 atom stereocenters. The number of aliphatic hydroxyl groups is 6. The average Bonchev–Trinajstić information content (AvgIpc) is 3.67. The van der Waals surface area contributed by atoms with Crippen molar-refractivity contribution in [2.45, 2.75) is 61.6 Å². The second-order valence-electron chi connectivity index (χ2n) is 11.5. The topological polar surface area (TPSA) is 263 Å². The van der Waals surface area contributed by atoms with Crippen molar-refractivity contribution in [2.24, 2.45) is 9.98 Å². The number of fused-ring (bicyclic) bond motifs is 1. The van der Waals surface area contributed by atoms with Crippen molar-refractivity contribution in [2.75, 3.05) is 24.8 Å². The van der Waals surface area contributed by atoms with E-state index in [2.05, 4.69) is 9.98 Å². The minimum Gasteiger partial charge on any atom is -0.508 e.